The summed E-state index contributed by atoms with van der Waals surface area (Å²) in [4.78, 5) is 12.3. The zero-order valence-electron chi connectivity index (χ0n) is 12.9. The van der Waals surface area contributed by atoms with E-state index in [-0.39, 0.29) is 5.91 Å². The first-order chi connectivity index (χ1) is 10.8. The van der Waals surface area contributed by atoms with Crippen LogP contribution in [0.15, 0.2) is 30.3 Å². The second kappa shape index (κ2) is 7.43. The van der Waals surface area contributed by atoms with E-state index in [9.17, 15) is 4.79 Å². The Balaban J connectivity index is 2.10. The standard InChI is InChI=1S/C17H16Cl3NO2/c1-9-7-12(8-10(2)15(9)19)23-11(3)17(22)21-14-6-4-5-13(18)16(14)20/h4-8,11H,1-3H3,(H,21,22)/t11-/m1/s1. The van der Waals surface area contributed by atoms with Crippen LogP contribution in [-0.2, 0) is 4.79 Å². The maximum absolute atomic E-state index is 12.3. The molecular formula is C17H16Cl3NO2. The molecule has 0 saturated heterocycles. The molecule has 3 nitrogen and oxygen atoms in total. The van der Waals surface area contributed by atoms with Crippen LogP contribution in [-0.4, -0.2) is 12.0 Å². The maximum atomic E-state index is 12.3. The van der Waals surface area contributed by atoms with E-state index >= 15 is 0 Å². The van der Waals surface area contributed by atoms with Crippen molar-refractivity contribution in [2.45, 2.75) is 26.9 Å². The molecule has 0 radical (unpaired) electrons. The topological polar surface area (TPSA) is 38.3 Å². The van der Waals surface area contributed by atoms with Gasteiger partial charge in [0.05, 0.1) is 15.7 Å². The maximum Gasteiger partial charge on any atom is 0.265 e. The second-order valence-corrected chi connectivity index (χ2v) is 6.38. The van der Waals surface area contributed by atoms with Gasteiger partial charge in [-0.25, -0.2) is 0 Å². The summed E-state index contributed by atoms with van der Waals surface area (Å²) < 4.78 is 5.69. The highest BCUT2D eigenvalue weighted by atomic mass is 35.5. The molecule has 0 aliphatic rings. The number of nitrogens with one attached hydrogen (secondary N) is 1. The molecule has 1 N–H and O–H groups in total. The first-order valence-corrected chi connectivity index (χ1v) is 8.11. The van der Waals surface area contributed by atoms with Gasteiger partial charge < -0.3 is 10.1 Å². The number of aryl methyl sites for hydroxylation is 2. The zero-order chi connectivity index (χ0) is 17.1. The lowest BCUT2D eigenvalue weighted by Crippen LogP contribution is -2.30. The smallest absolute Gasteiger partial charge is 0.265 e. The second-order valence-electron chi connectivity index (χ2n) is 5.22. The Kier molecular flexibility index (Phi) is 5.79. The van der Waals surface area contributed by atoms with Gasteiger partial charge in [0, 0.05) is 5.02 Å². The van der Waals surface area contributed by atoms with Crippen LogP contribution in [0.2, 0.25) is 15.1 Å². The van der Waals surface area contributed by atoms with Gasteiger partial charge in [0.1, 0.15) is 5.75 Å². The van der Waals surface area contributed by atoms with Crippen molar-refractivity contribution in [1.29, 1.82) is 0 Å². The lowest BCUT2D eigenvalue weighted by Gasteiger charge is -2.17. The third-order valence-corrected chi connectivity index (χ3v) is 4.72. The van der Waals surface area contributed by atoms with Crippen LogP contribution in [0, 0.1) is 13.8 Å². The normalized spacial score (nSPS) is 11.9. The number of halogens is 3. The lowest BCUT2D eigenvalue weighted by atomic mass is 10.1. The highest BCUT2D eigenvalue weighted by Gasteiger charge is 2.17. The summed E-state index contributed by atoms with van der Waals surface area (Å²) in [6, 6.07) is 8.63. The molecule has 1 amide bonds. The van der Waals surface area contributed by atoms with E-state index < -0.39 is 6.10 Å². The van der Waals surface area contributed by atoms with E-state index in [1.54, 1.807) is 37.3 Å². The van der Waals surface area contributed by atoms with Gasteiger partial charge in [-0.15, -0.1) is 0 Å². The summed E-state index contributed by atoms with van der Waals surface area (Å²) in [6.07, 6.45) is -0.704. The third-order valence-electron chi connectivity index (χ3n) is 3.30. The van der Waals surface area contributed by atoms with Crippen LogP contribution in [0.25, 0.3) is 0 Å². The molecule has 0 fully saturated rings. The summed E-state index contributed by atoms with van der Waals surface area (Å²) in [5.74, 6) is 0.267. The van der Waals surface area contributed by atoms with Crippen LogP contribution < -0.4 is 10.1 Å². The van der Waals surface area contributed by atoms with Crippen LogP contribution >= 0.6 is 34.8 Å². The van der Waals surface area contributed by atoms with E-state index in [1.165, 1.54) is 0 Å². The van der Waals surface area contributed by atoms with Gasteiger partial charge in [0.2, 0.25) is 0 Å². The van der Waals surface area contributed by atoms with E-state index in [4.69, 9.17) is 39.5 Å². The Bertz CT molecular complexity index is 724. The summed E-state index contributed by atoms with van der Waals surface area (Å²) in [5.41, 5.74) is 2.24. The number of anilines is 1. The molecule has 0 heterocycles. The average Bonchev–Trinajstić information content (AvgIpc) is 2.49. The van der Waals surface area contributed by atoms with Crippen LogP contribution in [0.4, 0.5) is 5.69 Å². The van der Waals surface area contributed by atoms with Gasteiger partial charge in [0.15, 0.2) is 6.10 Å². The first-order valence-electron chi connectivity index (χ1n) is 6.98. The van der Waals surface area contributed by atoms with Crippen LogP contribution in [0.1, 0.15) is 18.1 Å². The van der Waals surface area contributed by atoms with Crippen LogP contribution in [0.5, 0.6) is 5.75 Å². The monoisotopic (exact) mass is 371 g/mol. The summed E-state index contributed by atoms with van der Waals surface area (Å²) in [5, 5.41) is 4.08. The molecule has 2 aromatic rings. The van der Waals surface area contributed by atoms with Gasteiger partial charge in [-0.05, 0) is 56.2 Å². The van der Waals surface area contributed by atoms with Crippen molar-refractivity contribution in [2.75, 3.05) is 5.32 Å². The highest BCUT2D eigenvalue weighted by Crippen LogP contribution is 2.30. The minimum atomic E-state index is -0.704. The van der Waals surface area contributed by atoms with Crippen molar-refractivity contribution in [1.82, 2.24) is 0 Å². The molecule has 0 saturated carbocycles. The van der Waals surface area contributed by atoms with Crippen molar-refractivity contribution >= 4 is 46.4 Å². The first kappa shape index (κ1) is 17.9. The Labute approximate surface area is 150 Å². The van der Waals surface area contributed by atoms with E-state index in [0.717, 1.165) is 11.1 Å². The number of rotatable bonds is 4. The Morgan fingerprint density at radius 3 is 2.30 bits per heavy atom. The Morgan fingerprint density at radius 2 is 1.70 bits per heavy atom. The molecular weight excluding hydrogens is 357 g/mol. The minimum absolute atomic E-state index is 0.299. The molecule has 122 valence electrons. The molecule has 2 aromatic carbocycles. The zero-order valence-corrected chi connectivity index (χ0v) is 15.2. The Hall–Kier alpha value is -1.42. The van der Waals surface area contributed by atoms with E-state index in [0.29, 0.717) is 26.5 Å². The number of amides is 1. The molecule has 2 rings (SSSR count). The van der Waals surface area contributed by atoms with Crippen molar-refractivity contribution in [3.8, 4) is 5.75 Å². The molecule has 0 spiro atoms. The van der Waals surface area contributed by atoms with Crippen LogP contribution in [0.3, 0.4) is 0 Å². The lowest BCUT2D eigenvalue weighted by molar-refractivity contribution is -0.122. The minimum Gasteiger partial charge on any atom is -0.481 e. The Morgan fingerprint density at radius 1 is 1.09 bits per heavy atom. The SMILES string of the molecule is Cc1cc(O[C@H](C)C(=O)Nc2cccc(Cl)c2Cl)cc(C)c1Cl. The molecule has 0 aromatic heterocycles. The molecule has 1 atom stereocenters. The predicted octanol–water partition coefficient (Wildman–Crippen LogP) is 5.67. The summed E-state index contributed by atoms with van der Waals surface area (Å²) in [7, 11) is 0. The molecule has 0 aliphatic carbocycles. The fourth-order valence-electron chi connectivity index (χ4n) is 2.07. The van der Waals surface area contributed by atoms with Gasteiger partial charge in [0.25, 0.3) is 5.91 Å². The van der Waals surface area contributed by atoms with E-state index in [1.807, 2.05) is 13.8 Å². The predicted molar refractivity (Wildman–Crippen MR) is 96.1 cm³/mol. The number of ether oxygens (including phenoxy) is 1. The molecule has 0 bridgehead atoms. The van der Waals surface area contributed by atoms with Gasteiger partial charge >= 0.3 is 0 Å². The van der Waals surface area contributed by atoms with Gasteiger partial charge in [-0.3, -0.25) is 4.79 Å². The summed E-state index contributed by atoms with van der Waals surface area (Å²) >= 11 is 18.1. The number of carbonyl (C=O) groups is 1. The number of benzene rings is 2. The van der Waals surface area contributed by atoms with Crippen molar-refractivity contribution in [2.24, 2.45) is 0 Å². The van der Waals surface area contributed by atoms with Gasteiger partial charge in [-0.2, -0.15) is 0 Å². The fraction of sp³-hybridized carbons (Fsp3) is 0.235. The number of carbonyl (C=O) groups excluding carboxylic acids is 1. The fourth-order valence-corrected chi connectivity index (χ4v) is 2.52. The molecule has 0 unspecified atom stereocenters. The summed E-state index contributed by atoms with van der Waals surface area (Å²) in [6.45, 7) is 5.43. The number of hydrogen-bond acceptors (Lipinski definition) is 2. The van der Waals surface area contributed by atoms with Gasteiger partial charge in [-0.1, -0.05) is 40.9 Å². The number of hydrogen-bond donors (Lipinski definition) is 1. The van der Waals surface area contributed by atoms with E-state index in [2.05, 4.69) is 5.32 Å². The molecule has 0 aliphatic heterocycles. The van der Waals surface area contributed by atoms with Crippen molar-refractivity contribution in [3.63, 3.8) is 0 Å². The highest BCUT2D eigenvalue weighted by molar-refractivity contribution is 6.44. The molecule has 6 heteroatoms. The average molecular weight is 373 g/mol. The van der Waals surface area contributed by atoms with Crippen molar-refractivity contribution in [3.05, 3.63) is 56.5 Å². The quantitative estimate of drug-likeness (QED) is 0.751. The largest absolute Gasteiger partial charge is 0.481 e. The van der Waals surface area contributed by atoms with Crippen molar-refractivity contribution < 1.29 is 9.53 Å². The molecule has 23 heavy (non-hydrogen) atoms. The third kappa shape index (κ3) is 4.31.